The largest absolute Gasteiger partial charge is 0.508 e. The van der Waals surface area contributed by atoms with Crippen molar-refractivity contribution in [2.24, 2.45) is 0 Å². The molecule has 0 saturated carbocycles. The molecule has 0 saturated heterocycles. The molecule has 0 spiro atoms. The molecule has 0 aliphatic carbocycles. The minimum atomic E-state index is -0.225. The van der Waals surface area contributed by atoms with Crippen LogP contribution in [0.15, 0.2) is 30.6 Å². The SMILES string of the molecule is CC(NC(=O)Cc1cccc(O)c1)c1ncn[nH]1. The van der Waals surface area contributed by atoms with Crippen molar-refractivity contribution < 1.29 is 9.90 Å². The number of nitrogens with zero attached hydrogens (tertiary/aromatic N) is 2. The molecule has 0 bridgehead atoms. The Balaban J connectivity index is 1.93. The number of aromatic nitrogens is 3. The number of nitrogens with one attached hydrogen (secondary N) is 2. The molecule has 0 fully saturated rings. The molecule has 1 atom stereocenters. The van der Waals surface area contributed by atoms with Crippen LogP contribution in [0.3, 0.4) is 0 Å². The van der Waals surface area contributed by atoms with Crippen molar-refractivity contribution >= 4 is 5.91 Å². The molecule has 2 aromatic rings. The number of rotatable bonds is 4. The van der Waals surface area contributed by atoms with Crippen molar-refractivity contribution in [1.82, 2.24) is 20.5 Å². The molecule has 0 aliphatic heterocycles. The number of hydrogen-bond acceptors (Lipinski definition) is 4. The molecule has 94 valence electrons. The van der Waals surface area contributed by atoms with Gasteiger partial charge in [0.05, 0.1) is 12.5 Å². The highest BCUT2D eigenvalue weighted by Gasteiger charge is 2.12. The molecule has 2 rings (SSSR count). The maximum absolute atomic E-state index is 11.8. The van der Waals surface area contributed by atoms with Gasteiger partial charge in [0.1, 0.15) is 17.9 Å². The number of phenols is 1. The topological polar surface area (TPSA) is 90.9 Å². The van der Waals surface area contributed by atoms with Crippen molar-refractivity contribution in [3.05, 3.63) is 42.0 Å². The lowest BCUT2D eigenvalue weighted by Gasteiger charge is -2.11. The van der Waals surface area contributed by atoms with Crippen LogP contribution in [0.1, 0.15) is 24.4 Å². The van der Waals surface area contributed by atoms with E-state index in [1.165, 1.54) is 6.33 Å². The number of carbonyl (C=O) groups is 1. The number of aromatic hydroxyl groups is 1. The Bertz CT molecular complexity index is 525. The fraction of sp³-hybridized carbons (Fsp3) is 0.250. The number of H-pyrrole nitrogens is 1. The Morgan fingerprint density at radius 3 is 3.06 bits per heavy atom. The first-order chi connectivity index (χ1) is 8.65. The van der Waals surface area contributed by atoms with E-state index in [0.717, 1.165) is 5.56 Å². The third kappa shape index (κ3) is 3.07. The summed E-state index contributed by atoms with van der Waals surface area (Å²) in [7, 11) is 0. The molecule has 18 heavy (non-hydrogen) atoms. The highest BCUT2D eigenvalue weighted by atomic mass is 16.3. The highest BCUT2D eigenvalue weighted by Crippen LogP contribution is 2.12. The number of aromatic amines is 1. The van der Waals surface area contributed by atoms with E-state index in [2.05, 4.69) is 20.5 Å². The second-order valence-corrected chi connectivity index (χ2v) is 4.01. The van der Waals surface area contributed by atoms with Gasteiger partial charge in [-0.3, -0.25) is 9.89 Å². The van der Waals surface area contributed by atoms with Crippen molar-refractivity contribution in [3.63, 3.8) is 0 Å². The van der Waals surface area contributed by atoms with Crippen LogP contribution in [0.4, 0.5) is 0 Å². The van der Waals surface area contributed by atoms with Gasteiger partial charge in [-0.15, -0.1) is 0 Å². The molecule has 1 unspecified atom stereocenters. The maximum atomic E-state index is 11.8. The first-order valence-corrected chi connectivity index (χ1v) is 5.57. The molecule has 6 heteroatoms. The smallest absolute Gasteiger partial charge is 0.225 e. The second-order valence-electron chi connectivity index (χ2n) is 4.01. The normalized spacial score (nSPS) is 12.1. The fourth-order valence-corrected chi connectivity index (χ4v) is 1.64. The van der Waals surface area contributed by atoms with E-state index in [-0.39, 0.29) is 24.1 Å². The number of benzene rings is 1. The summed E-state index contributed by atoms with van der Waals surface area (Å²) >= 11 is 0. The zero-order chi connectivity index (χ0) is 13.0. The van der Waals surface area contributed by atoms with Gasteiger partial charge in [-0.2, -0.15) is 5.10 Å². The molecule has 1 aromatic carbocycles. The third-order valence-electron chi connectivity index (χ3n) is 2.50. The van der Waals surface area contributed by atoms with Gasteiger partial charge < -0.3 is 10.4 Å². The summed E-state index contributed by atoms with van der Waals surface area (Å²) in [6.45, 7) is 1.82. The average Bonchev–Trinajstić information content (AvgIpc) is 2.81. The minimum Gasteiger partial charge on any atom is -0.508 e. The highest BCUT2D eigenvalue weighted by molar-refractivity contribution is 5.79. The number of phenolic OH excluding ortho intramolecular Hbond substituents is 1. The molecule has 1 amide bonds. The van der Waals surface area contributed by atoms with Gasteiger partial charge in [0.2, 0.25) is 5.91 Å². The van der Waals surface area contributed by atoms with E-state index in [4.69, 9.17) is 0 Å². The second kappa shape index (κ2) is 5.31. The molecular weight excluding hydrogens is 232 g/mol. The first kappa shape index (κ1) is 12.1. The van der Waals surface area contributed by atoms with E-state index >= 15 is 0 Å². The molecule has 6 nitrogen and oxygen atoms in total. The molecule has 1 heterocycles. The van der Waals surface area contributed by atoms with Gasteiger partial charge >= 0.3 is 0 Å². The van der Waals surface area contributed by atoms with E-state index in [1.807, 2.05) is 6.92 Å². The lowest BCUT2D eigenvalue weighted by molar-refractivity contribution is -0.121. The zero-order valence-corrected chi connectivity index (χ0v) is 9.92. The van der Waals surface area contributed by atoms with E-state index < -0.39 is 0 Å². The summed E-state index contributed by atoms with van der Waals surface area (Å²) in [6, 6.07) is 6.41. The standard InChI is InChI=1S/C12H14N4O2/c1-8(12-13-7-14-16-12)15-11(18)6-9-3-2-4-10(17)5-9/h2-5,7-8,17H,6H2,1H3,(H,15,18)(H,13,14,16). The summed E-state index contributed by atoms with van der Waals surface area (Å²) in [5.41, 5.74) is 0.761. The van der Waals surface area contributed by atoms with Crippen LogP contribution >= 0.6 is 0 Å². The molecule has 1 aromatic heterocycles. The van der Waals surface area contributed by atoms with Gasteiger partial charge in [-0.1, -0.05) is 12.1 Å². The molecule has 3 N–H and O–H groups in total. The third-order valence-corrected chi connectivity index (χ3v) is 2.50. The van der Waals surface area contributed by atoms with Gasteiger partial charge in [-0.25, -0.2) is 4.98 Å². The Morgan fingerprint density at radius 1 is 1.56 bits per heavy atom. The Labute approximate surface area is 104 Å². The lowest BCUT2D eigenvalue weighted by atomic mass is 10.1. The van der Waals surface area contributed by atoms with Crippen molar-refractivity contribution in [1.29, 1.82) is 0 Å². The fourth-order valence-electron chi connectivity index (χ4n) is 1.64. The van der Waals surface area contributed by atoms with Gasteiger partial charge in [0, 0.05) is 0 Å². The first-order valence-electron chi connectivity index (χ1n) is 5.57. The number of carbonyl (C=O) groups excluding carboxylic acids is 1. The quantitative estimate of drug-likeness (QED) is 0.748. The average molecular weight is 246 g/mol. The number of hydrogen-bond donors (Lipinski definition) is 3. The van der Waals surface area contributed by atoms with Crippen LogP contribution in [-0.2, 0) is 11.2 Å². The number of amides is 1. The van der Waals surface area contributed by atoms with Gasteiger partial charge in [0.15, 0.2) is 0 Å². The van der Waals surface area contributed by atoms with Crippen LogP contribution in [-0.4, -0.2) is 26.2 Å². The Kier molecular flexibility index (Phi) is 3.57. The monoisotopic (exact) mass is 246 g/mol. The summed E-state index contributed by atoms with van der Waals surface area (Å²) in [4.78, 5) is 15.7. The molecule has 0 radical (unpaired) electrons. The molecular formula is C12H14N4O2. The summed E-state index contributed by atoms with van der Waals surface area (Å²) in [5.74, 6) is 0.632. The van der Waals surface area contributed by atoms with Crippen LogP contribution in [0.5, 0.6) is 5.75 Å². The van der Waals surface area contributed by atoms with E-state index in [1.54, 1.807) is 24.3 Å². The predicted octanol–water partition coefficient (Wildman–Crippen LogP) is 0.930. The van der Waals surface area contributed by atoms with Crippen molar-refractivity contribution in [2.75, 3.05) is 0 Å². The van der Waals surface area contributed by atoms with Crippen LogP contribution in [0, 0.1) is 0 Å². The van der Waals surface area contributed by atoms with E-state index in [9.17, 15) is 9.90 Å². The Morgan fingerprint density at radius 2 is 2.39 bits per heavy atom. The van der Waals surface area contributed by atoms with Crippen LogP contribution in [0.2, 0.25) is 0 Å². The van der Waals surface area contributed by atoms with Crippen molar-refractivity contribution in [2.45, 2.75) is 19.4 Å². The minimum absolute atomic E-state index is 0.135. The summed E-state index contributed by atoms with van der Waals surface area (Å²) < 4.78 is 0. The van der Waals surface area contributed by atoms with Gasteiger partial charge in [0.25, 0.3) is 0 Å². The lowest BCUT2D eigenvalue weighted by Crippen LogP contribution is -2.28. The predicted molar refractivity (Wildman–Crippen MR) is 64.8 cm³/mol. The Hall–Kier alpha value is -2.37. The zero-order valence-electron chi connectivity index (χ0n) is 9.92. The summed E-state index contributed by atoms with van der Waals surface area (Å²) in [6.07, 6.45) is 1.61. The summed E-state index contributed by atoms with van der Waals surface area (Å²) in [5, 5.41) is 18.5. The van der Waals surface area contributed by atoms with Gasteiger partial charge in [-0.05, 0) is 24.6 Å². The molecule has 0 aliphatic rings. The van der Waals surface area contributed by atoms with Crippen LogP contribution in [0.25, 0.3) is 0 Å². The maximum Gasteiger partial charge on any atom is 0.225 e. The van der Waals surface area contributed by atoms with Crippen LogP contribution < -0.4 is 5.32 Å². The van der Waals surface area contributed by atoms with Crippen molar-refractivity contribution in [3.8, 4) is 5.75 Å². The van der Waals surface area contributed by atoms with E-state index in [0.29, 0.717) is 5.82 Å².